The Morgan fingerprint density at radius 1 is 1.50 bits per heavy atom. The zero-order valence-electron chi connectivity index (χ0n) is 10.00. The van der Waals surface area contributed by atoms with Crippen LogP contribution in [0.5, 0.6) is 0 Å². The molecule has 2 atom stereocenters. The summed E-state index contributed by atoms with van der Waals surface area (Å²) in [5.74, 6) is -1.95. The third-order valence-corrected chi connectivity index (χ3v) is 3.57. The molecule has 0 saturated carbocycles. The van der Waals surface area contributed by atoms with Crippen molar-refractivity contribution in [3.8, 4) is 6.07 Å². The van der Waals surface area contributed by atoms with Crippen molar-refractivity contribution in [2.45, 2.75) is 32.0 Å². The van der Waals surface area contributed by atoms with Crippen molar-refractivity contribution in [1.29, 1.82) is 5.26 Å². The highest BCUT2D eigenvalue weighted by Gasteiger charge is 2.39. The molecular formula is C12H15F3N2S. The fraction of sp³-hybridized carbons (Fsp3) is 0.583. The smallest absolute Gasteiger partial charge is 0.308 e. The molecule has 6 heteroatoms. The SMILES string of the molecule is CCCC(NCC(C#N)C(F)(F)F)c1cccs1. The van der Waals surface area contributed by atoms with Crippen molar-refractivity contribution in [3.63, 3.8) is 0 Å². The zero-order chi connectivity index (χ0) is 13.6. The van der Waals surface area contributed by atoms with E-state index in [4.69, 9.17) is 5.26 Å². The van der Waals surface area contributed by atoms with E-state index in [-0.39, 0.29) is 12.6 Å². The molecule has 0 saturated heterocycles. The molecule has 1 rings (SSSR count). The van der Waals surface area contributed by atoms with Crippen LogP contribution in [0.4, 0.5) is 13.2 Å². The molecule has 0 aromatic carbocycles. The Morgan fingerprint density at radius 3 is 2.67 bits per heavy atom. The van der Waals surface area contributed by atoms with Gasteiger partial charge in [-0.15, -0.1) is 11.3 Å². The first-order valence-electron chi connectivity index (χ1n) is 5.72. The predicted molar refractivity (Wildman–Crippen MR) is 65.1 cm³/mol. The van der Waals surface area contributed by atoms with Crippen LogP contribution < -0.4 is 5.32 Å². The van der Waals surface area contributed by atoms with E-state index in [0.29, 0.717) is 0 Å². The molecule has 0 bridgehead atoms. The Bertz CT molecular complexity index is 381. The molecule has 0 amide bonds. The zero-order valence-corrected chi connectivity index (χ0v) is 10.8. The molecule has 0 aliphatic heterocycles. The number of nitrogens with zero attached hydrogens (tertiary/aromatic N) is 1. The summed E-state index contributed by atoms with van der Waals surface area (Å²) in [6.07, 6.45) is -2.83. The van der Waals surface area contributed by atoms with Gasteiger partial charge in [0.15, 0.2) is 5.92 Å². The monoisotopic (exact) mass is 276 g/mol. The van der Waals surface area contributed by atoms with Crippen molar-refractivity contribution in [1.82, 2.24) is 5.32 Å². The van der Waals surface area contributed by atoms with Gasteiger partial charge in [0.25, 0.3) is 0 Å². The third kappa shape index (κ3) is 4.31. The fourth-order valence-corrected chi connectivity index (χ4v) is 2.45. The van der Waals surface area contributed by atoms with Gasteiger partial charge in [-0.2, -0.15) is 18.4 Å². The van der Waals surface area contributed by atoms with E-state index in [1.165, 1.54) is 17.4 Å². The average Bonchev–Trinajstić information content (AvgIpc) is 2.80. The largest absolute Gasteiger partial charge is 0.405 e. The molecule has 1 aromatic rings. The molecule has 0 spiro atoms. The maximum atomic E-state index is 12.4. The van der Waals surface area contributed by atoms with Crippen molar-refractivity contribution >= 4 is 11.3 Å². The number of hydrogen-bond acceptors (Lipinski definition) is 3. The van der Waals surface area contributed by atoms with E-state index < -0.39 is 12.1 Å². The van der Waals surface area contributed by atoms with Crippen LogP contribution in [0.2, 0.25) is 0 Å². The summed E-state index contributed by atoms with van der Waals surface area (Å²) in [7, 11) is 0. The highest BCUT2D eigenvalue weighted by atomic mass is 32.1. The molecule has 1 aromatic heterocycles. The molecule has 2 nitrogen and oxygen atoms in total. The first-order chi connectivity index (χ1) is 8.49. The molecule has 0 aliphatic rings. The Kier molecular flexibility index (Phi) is 5.63. The molecule has 2 unspecified atom stereocenters. The Morgan fingerprint density at radius 2 is 2.22 bits per heavy atom. The lowest BCUT2D eigenvalue weighted by Crippen LogP contribution is -2.34. The first-order valence-corrected chi connectivity index (χ1v) is 6.60. The van der Waals surface area contributed by atoms with Crippen LogP contribution in [0.1, 0.15) is 30.7 Å². The second kappa shape index (κ2) is 6.76. The molecule has 0 aliphatic carbocycles. The Hall–Kier alpha value is -1.06. The van der Waals surface area contributed by atoms with E-state index in [1.807, 2.05) is 24.4 Å². The van der Waals surface area contributed by atoms with E-state index in [2.05, 4.69) is 5.32 Å². The number of alkyl halides is 3. The predicted octanol–water partition coefficient (Wildman–Crippen LogP) is 3.88. The van der Waals surface area contributed by atoms with Gasteiger partial charge in [-0.25, -0.2) is 0 Å². The Labute approximate surface area is 108 Å². The van der Waals surface area contributed by atoms with Crippen LogP contribution >= 0.6 is 11.3 Å². The van der Waals surface area contributed by atoms with E-state index in [9.17, 15) is 13.2 Å². The van der Waals surface area contributed by atoms with Crippen molar-refractivity contribution < 1.29 is 13.2 Å². The van der Waals surface area contributed by atoms with Gasteiger partial charge in [0.05, 0.1) is 6.07 Å². The van der Waals surface area contributed by atoms with E-state index >= 15 is 0 Å². The second-order valence-corrected chi connectivity index (χ2v) is 4.97. The minimum absolute atomic E-state index is 0.104. The average molecular weight is 276 g/mol. The summed E-state index contributed by atoms with van der Waals surface area (Å²) < 4.78 is 37.3. The maximum absolute atomic E-state index is 12.4. The molecule has 0 radical (unpaired) electrons. The van der Waals surface area contributed by atoms with Crippen LogP contribution in [0, 0.1) is 17.2 Å². The normalized spacial score (nSPS) is 15.1. The summed E-state index contributed by atoms with van der Waals surface area (Å²) in [5.41, 5.74) is 0. The quantitative estimate of drug-likeness (QED) is 0.855. The fourth-order valence-electron chi connectivity index (χ4n) is 1.62. The summed E-state index contributed by atoms with van der Waals surface area (Å²) in [6.45, 7) is 1.62. The van der Waals surface area contributed by atoms with Gasteiger partial charge in [-0.1, -0.05) is 19.4 Å². The Balaban J connectivity index is 2.61. The number of halogens is 3. The van der Waals surface area contributed by atoms with Crippen LogP contribution in [-0.4, -0.2) is 12.7 Å². The first kappa shape index (κ1) is 15.0. The van der Waals surface area contributed by atoms with Crippen molar-refractivity contribution in [2.75, 3.05) is 6.54 Å². The lowest BCUT2D eigenvalue weighted by atomic mass is 10.1. The van der Waals surface area contributed by atoms with Gasteiger partial charge in [-0.3, -0.25) is 0 Å². The lowest BCUT2D eigenvalue weighted by Gasteiger charge is -2.20. The number of thiophene rings is 1. The summed E-state index contributed by atoms with van der Waals surface area (Å²) in [6, 6.07) is 4.96. The topological polar surface area (TPSA) is 35.8 Å². The lowest BCUT2D eigenvalue weighted by molar-refractivity contribution is -0.158. The molecule has 1 N–H and O–H groups in total. The van der Waals surface area contributed by atoms with E-state index in [0.717, 1.165) is 17.7 Å². The highest BCUT2D eigenvalue weighted by molar-refractivity contribution is 7.10. The minimum atomic E-state index is -4.46. The number of hydrogen-bond donors (Lipinski definition) is 1. The van der Waals surface area contributed by atoms with Crippen LogP contribution in [0.15, 0.2) is 17.5 Å². The van der Waals surface area contributed by atoms with Crippen molar-refractivity contribution in [2.24, 2.45) is 5.92 Å². The standard InChI is InChI=1S/C12H15F3N2S/c1-2-4-10(11-5-3-6-18-11)17-8-9(7-16)12(13,14)15/h3,5-6,9-10,17H,2,4,8H2,1H3. The van der Waals surface area contributed by atoms with Gasteiger partial charge in [0, 0.05) is 17.5 Å². The second-order valence-electron chi connectivity index (χ2n) is 3.99. The van der Waals surface area contributed by atoms with Crippen LogP contribution in [0.3, 0.4) is 0 Å². The summed E-state index contributed by atoms with van der Waals surface area (Å²) >= 11 is 1.51. The third-order valence-electron chi connectivity index (χ3n) is 2.58. The van der Waals surface area contributed by atoms with Gasteiger partial charge in [-0.05, 0) is 17.9 Å². The molecule has 18 heavy (non-hydrogen) atoms. The van der Waals surface area contributed by atoms with Crippen molar-refractivity contribution in [3.05, 3.63) is 22.4 Å². The summed E-state index contributed by atoms with van der Waals surface area (Å²) in [4.78, 5) is 1.01. The van der Waals surface area contributed by atoms with Crippen LogP contribution in [-0.2, 0) is 0 Å². The molecule has 0 fully saturated rings. The molecule has 100 valence electrons. The van der Waals surface area contributed by atoms with Gasteiger partial charge < -0.3 is 5.32 Å². The van der Waals surface area contributed by atoms with Crippen LogP contribution in [0.25, 0.3) is 0 Å². The number of nitriles is 1. The van der Waals surface area contributed by atoms with Gasteiger partial charge >= 0.3 is 6.18 Å². The minimum Gasteiger partial charge on any atom is -0.308 e. The number of nitrogens with one attached hydrogen (secondary N) is 1. The maximum Gasteiger partial charge on any atom is 0.405 e. The molecular weight excluding hydrogens is 261 g/mol. The van der Waals surface area contributed by atoms with E-state index in [1.54, 1.807) is 0 Å². The van der Waals surface area contributed by atoms with Gasteiger partial charge in [0.1, 0.15) is 0 Å². The molecule has 1 heterocycles. The summed E-state index contributed by atoms with van der Waals surface area (Å²) in [5, 5.41) is 13.3. The number of rotatable bonds is 6. The van der Waals surface area contributed by atoms with Gasteiger partial charge in [0.2, 0.25) is 0 Å². The highest BCUT2D eigenvalue weighted by Crippen LogP contribution is 2.27.